The summed E-state index contributed by atoms with van der Waals surface area (Å²) >= 11 is 0. The molecule has 0 spiro atoms. The number of likely N-dealkylation sites (tertiary alicyclic amines) is 1. The Kier molecular flexibility index (Phi) is 5.68. The molecule has 0 saturated carbocycles. The van der Waals surface area contributed by atoms with Gasteiger partial charge >= 0.3 is 6.18 Å². The maximum Gasteiger partial charge on any atom is 0.416 e. The van der Waals surface area contributed by atoms with Gasteiger partial charge in [0.25, 0.3) is 5.91 Å². The Morgan fingerprint density at radius 3 is 2.67 bits per heavy atom. The molecule has 1 aliphatic rings. The summed E-state index contributed by atoms with van der Waals surface area (Å²) in [7, 11) is 0. The molecular formula is C20H21F3N2O2. The van der Waals surface area contributed by atoms with Gasteiger partial charge in [-0.2, -0.15) is 13.2 Å². The van der Waals surface area contributed by atoms with Gasteiger partial charge in [0.2, 0.25) is 5.56 Å². The van der Waals surface area contributed by atoms with Crippen molar-refractivity contribution in [2.45, 2.75) is 31.9 Å². The number of hydrogen-bond acceptors (Lipinski definition) is 2. The number of alkyl halides is 3. The third-order valence-corrected chi connectivity index (χ3v) is 4.98. The van der Waals surface area contributed by atoms with Gasteiger partial charge in [-0.3, -0.25) is 9.59 Å². The number of aromatic amines is 1. The van der Waals surface area contributed by atoms with E-state index in [2.05, 4.69) is 4.98 Å². The van der Waals surface area contributed by atoms with Gasteiger partial charge in [-0.25, -0.2) is 0 Å². The molecule has 2 heterocycles. The number of hydrogen-bond donors (Lipinski definition) is 1. The van der Waals surface area contributed by atoms with Gasteiger partial charge in [0.15, 0.2) is 0 Å². The first-order valence-corrected chi connectivity index (χ1v) is 8.97. The summed E-state index contributed by atoms with van der Waals surface area (Å²) in [4.78, 5) is 27.9. The number of pyridine rings is 1. The Morgan fingerprint density at radius 1 is 1.19 bits per heavy atom. The van der Waals surface area contributed by atoms with Crippen molar-refractivity contribution in [3.05, 3.63) is 69.6 Å². The van der Waals surface area contributed by atoms with Crippen LogP contribution in [0.3, 0.4) is 0 Å². The average Bonchev–Trinajstić information content (AvgIpc) is 2.66. The fraction of sp³-hybridized carbons (Fsp3) is 0.400. The van der Waals surface area contributed by atoms with Crippen molar-refractivity contribution in [3.8, 4) is 0 Å². The number of nitrogens with one attached hydrogen (secondary N) is 1. The first-order chi connectivity index (χ1) is 12.8. The van der Waals surface area contributed by atoms with Gasteiger partial charge in [0, 0.05) is 25.4 Å². The highest BCUT2D eigenvalue weighted by atomic mass is 19.4. The van der Waals surface area contributed by atoms with Crippen LogP contribution in [0, 0.1) is 5.92 Å². The molecule has 1 aromatic carbocycles. The molecule has 3 rings (SSSR count). The maximum absolute atomic E-state index is 13.1. The Hall–Kier alpha value is -2.57. The number of amides is 1. The zero-order valence-corrected chi connectivity index (χ0v) is 14.8. The smallest absolute Gasteiger partial charge is 0.338 e. The Bertz CT molecular complexity index is 840. The molecule has 4 nitrogen and oxygen atoms in total. The standard InChI is InChI=1S/C20H21F3N2O2/c21-20(22,23)17-6-2-1-5-15(17)8-7-14-4-3-11-25(13-14)19(27)16-9-10-18(26)24-12-16/h1-2,5-6,9-10,12,14H,3-4,7-8,11,13H2,(H,24,26)/t14-/m1/s1. The van der Waals surface area contributed by atoms with Crippen LogP contribution in [0.2, 0.25) is 0 Å². The second-order valence-electron chi connectivity index (χ2n) is 6.89. The number of nitrogens with zero attached hydrogens (tertiary/aromatic N) is 1. The van der Waals surface area contributed by atoms with Gasteiger partial charge in [0.1, 0.15) is 0 Å². The minimum Gasteiger partial charge on any atom is -0.338 e. The number of benzene rings is 1. The first-order valence-electron chi connectivity index (χ1n) is 8.97. The van der Waals surface area contributed by atoms with Crippen molar-refractivity contribution in [2.75, 3.05) is 13.1 Å². The lowest BCUT2D eigenvalue weighted by atomic mass is 9.90. The third kappa shape index (κ3) is 4.78. The molecule has 1 saturated heterocycles. The van der Waals surface area contributed by atoms with Crippen LogP contribution >= 0.6 is 0 Å². The molecule has 0 radical (unpaired) electrons. The normalized spacial score (nSPS) is 17.7. The van der Waals surface area contributed by atoms with E-state index in [1.807, 2.05) is 0 Å². The zero-order chi connectivity index (χ0) is 19.4. The molecule has 7 heteroatoms. The monoisotopic (exact) mass is 378 g/mol. The molecule has 144 valence electrons. The predicted molar refractivity (Wildman–Crippen MR) is 95.5 cm³/mol. The van der Waals surface area contributed by atoms with E-state index in [1.165, 1.54) is 30.5 Å². The van der Waals surface area contributed by atoms with Gasteiger partial charge in [-0.1, -0.05) is 18.2 Å². The summed E-state index contributed by atoms with van der Waals surface area (Å²) in [5.74, 6) is -0.00149. The van der Waals surface area contributed by atoms with Crippen molar-refractivity contribution in [2.24, 2.45) is 5.92 Å². The third-order valence-electron chi connectivity index (χ3n) is 4.98. The van der Waals surface area contributed by atoms with Crippen molar-refractivity contribution in [3.63, 3.8) is 0 Å². The second kappa shape index (κ2) is 7.98. The highest BCUT2D eigenvalue weighted by Gasteiger charge is 2.33. The quantitative estimate of drug-likeness (QED) is 0.878. The number of piperidine rings is 1. The van der Waals surface area contributed by atoms with Crippen LogP contribution in [-0.2, 0) is 12.6 Å². The van der Waals surface area contributed by atoms with Crippen molar-refractivity contribution < 1.29 is 18.0 Å². The molecule has 27 heavy (non-hydrogen) atoms. The molecule has 1 aliphatic heterocycles. The van der Waals surface area contributed by atoms with E-state index in [0.717, 1.165) is 18.9 Å². The Morgan fingerprint density at radius 2 is 1.96 bits per heavy atom. The van der Waals surface area contributed by atoms with Crippen LogP contribution in [0.4, 0.5) is 13.2 Å². The molecule has 1 fully saturated rings. The van der Waals surface area contributed by atoms with Crippen LogP contribution < -0.4 is 5.56 Å². The first kappa shape index (κ1) is 19.2. The van der Waals surface area contributed by atoms with Gasteiger partial charge in [-0.05, 0) is 49.3 Å². The lowest BCUT2D eigenvalue weighted by Crippen LogP contribution is -2.40. The van der Waals surface area contributed by atoms with Gasteiger partial charge in [0.05, 0.1) is 11.1 Å². The number of rotatable bonds is 4. The maximum atomic E-state index is 13.1. The summed E-state index contributed by atoms with van der Waals surface area (Å²) in [5, 5.41) is 0. The summed E-state index contributed by atoms with van der Waals surface area (Å²) in [5.41, 5.74) is -0.139. The number of halogens is 3. The number of aromatic nitrogens is 1. The summed E-state index contributed by atoms with van der Waals surface area (Å²) in [6, 6.07) is 8.46. The second-order valence-corrected chi connectivity index (χ2v) is 6.89. The van der Waals surface area contributed by atoms with E-state index in [-0.39, 0.29) is 17.4 Å². The average molecular weight is 378 g/mol. The SMILES string of the molecule is O=C(c1ccc(=O)[nH]c1)N1CCC[C@H](CCc2ccccc2C(F)(F)F)C1. The molecule has 0 aliphatic carbocycles. The molecule has 1 amide bonds. The molecule has 1 aromatic heterocycles. The van der Waals surface area contributed by atoms with E-state index in [9.17, 15) is 22.8 Å². The number of carbonyl (C=O) groups is 1. The Balaban J connectivity index is 1.63. The van der Waals surface area contributed by atoms with Crippen LogP contribution in [0.25, 0.3) is 0 Å². The summed E-state index contributed by atoms with van der Waals surface area (Å²) in [6.07, 6.45) is -0.308. The van der Waals surface area contributed by atoms with Crippen LogP contribution in [-0.4, -0.2) is 28.9 Å². The molecule has 1 atom stereocenters. The van der Waals surface area contributed by atoms with Crippen molar-refractivity contribution in [1.82, 2.24) is 9.88 Å². The lowest BCUT2D eigenvalue weighted by Gasteiger charge is -2.33. The largest absolute Gasteiger partial charge is 0.416 e. The minimum atomic E-state index is -4.35. The minimum absolute atomic E-state index is 0.159. The summed E-state index contributed by atoms with van der Waals surface area (Å²) < 4.78 is 39.4. The molecule has 0 bridgehead atoms. The lowest BCUT2D eigenvalue weighted by molar-refractivity contribution is -0.138. The van der Waals surface area contributed by atoms with Crippen LogP contribution in [0.5, 0.6) is 0 Å². The van der Waals surface area contributed by atoms with Crippen molar-refractivity contribution in [1.29, 1.82) is 0 Å². The van der Waals surface area contributed by atoms with Crippen LogP contribution in [0.15, 0.2) is 47.4 Å². The highest BCUT2D eigenvalue weighted by Crippen LogP contribution is 2.33. The predicted octanol–water partition coefficient (Wildman–Crippen LogP) is 3.88. The number of H-pyrrole nitrogens is 1. The van der Waals surface area contributed by atoms with Gasteiger partial charge < -0.3 is 9.88 Å². The highest BCUT2D eigenvalue weighted by molar-refractivity contribution is 5.93. The van der Waals surface area contributed by atoms with E-state index in [0.29, 0.717) is 37.1 Å². The summed E-state index contributed by atoms with van der Waals surface area (Å²) in [6.45, 7) is 1.14. The molecule has 2 aromatic rings. The number of aryl methyl sites for hydroxylation is 1. The number of carbonyl (C=O) groups excluding carboxylic acids is 1. The molecule has 1 N–H and O–H groups in total. The van der Waals surface area contributed by atoms with Crippen LogP contribution in [0.1, 0.15) is 40.7 Å². The molecular weight excluding hydrogens is 357 g/mol. The fourth-order valence-electron chi connectivity index (χ4n) is 3.59. The van der Waals surface area contributed by atoms with E-state index >= 15 is 0 Å². The van der Waals surface area contributed by atoms with E-state index < -0.39 is 11.7 Å². The molecule has 0 unspecified atom stereocenters. The fourth-order valence-corrected chi connectivity index (χ4v) is 3.59. The van der Waals surface area contributed by atoms with E-state index in [4.69, 9.17) is 0 Å². The topological polar surface area (TPSA) is 53.2 Å². The zero-order valence-electron chi connectivity index (χ0n) is 14.8. The van der Waals surface area contributed by atoms with Gasteiger partial charge in [-0.15, -0.1) is 0 Å². The van der Waals surface area contributed by atoms with Crippen molar-refractivity contribution >= 4 is 5.91 Å². The Labute approximate surface area is 155 Å². The van der Waals surface area contributed by atoms with E-state index in [1.54, 1.807) is 11.0 Å².